The second-order valence-corrected chi connectivity index (χ2v) is 9.60. The van der Waals surface area contributed by atoms with Crippen LogP contribution in [0.25, 0.3) is 10.2 Å². The Balaban J connectivity index is 1.29. The number of thiazole rings is 1. The number of hydrogen-bond donors (Lipinski definition) is 0. The first-order chi connectivity index (χ1) is 16.8. The third-order valence-corrected chi connectivity index (χ3v) is 7.56. The summed E-state index contributed by atoms with van der Waals surface area (Å²) >= 11 is 8.42. The van der Waals surface area contributed by atoms with E-state index in [0.717, 1.165) is 54.0 Å². The van der Waals surface area contributed by atoms with Crippen LogP contribution in [0.15, 0.2) is 71.3 Å². The van der Waals surface area contributed by atoms with Gasteiger partial charge in [0.2, 0.25) is 0 Å². The van der Waals surface area contributed by atoms with E-state index in [2.05, 4.69) is 49.6 Å². The van der Waals surface area contributed by atoms with Gasteiger partial charge >= 0.3 is 0 Å². The molecule has 172 valence electrons. The predicted octanol–water partition coefficient (Wildman–Crippen LogP) is 4.49. The molecular formula is C24H22ClN7OS. The number of tetrazole rings is 1. The molecule has 4 heterocycles. The lowest BCUT2D eigenvalue weighted by atomic mass is 10.0. The number of nitrogens with zero attached hydrogens (tertiary/aromatic N) is 7. The summed E-state index contributed by atoms with van der Waals surface area (Å²) in [5, 5.41) is 14.5. The van der Waals surface area contributed by atoms with Gasteiger partial charge in [-0.3, -0.25) is 4.90 Å². The fourth-order valence-corrected chi connectivity index (χ4v) is 5.69. The Labute approximate surface area is 205 Å². The highest BCUT2D eigenvalue weighted by atomic mass is 35.5. The second-order valence-electron chi connectivity index (χ2n) is 8.19. The van der Waals surface area contributed by atoms with E-state index >= 15 is 0 Å². The Kier molecular flexibility index (Phi) is 5.74. The SMILES string of the molecule is Clc1ccccc1[C@H](c1nnnn1Cc1ccco1)N1CCN(c2nc3ccccc3s2)CC1. The van der Waals surface area contributed by atoms with Crippen molar-refractivity contribution in [3.05, 3.63) is 89.1 Å². The molecule has 0 bridgehead atoms. The van der Waals surface area contributed by atoms with Crippen LogP contribution in [0.5, 0.6) is 0 Å². The molecule has 6 rings (SSSR count). The van der Waals surface area contributed by atoms with E-state index in [1.165, 1.54) is 4.70 Å². The minimum atomic E-state index is -0.170. The minimum Gasteiger partial charge on any atom is -0.467 e. The normalized spacial score (nSPS) is 15.7. The zero-order chi connectivity index (χ0) is 22.9. The molecule has 3 aromatic heterocycles. The highest BCUT2D eigenvalue weighted by molar-refractivity contribution is 7.22. The number of furan rings is 1. The quantitative estimate of drug-likeness (QED) is 0.346. The molecule has 0 radical (unpaired) electrons. The standard InChI is InChI=1S/C24H22ClN7OS/c25-19-8-2-1-7-18(19)22(23-27-28-29-32(23)16-17-6-5-15-33-17)30-11-13-31(14-12-30)24-26-20-9-3-4-10-21(20)34-24/h1-10,15,22H,11-14,16H2/t22-/m1/s1. The zero-order valence-electron chi connectivity index (χ0n) is 18.3. The van der Waals surface area contributed by atoms with Gasteiger partial charge in [-0.2, -0.15) is 0 Å². The Bertz CT molecular complexity index is 1360. The maximum absolute atomic E-state index is 6.68. The van der Waals surface area contributed by atoms with Crippen LogP contribution in [0.1, 0.15) is 23.2 Å². The summed E-state index contributed by atoms with van der Waals surface area (Å²) in [7, 11) is 0. The van der Waals surface area contributed by atoms with Gasteiger partial charge in [0.1, 0.15) is 12.3 Å². The summed E-state index contributed by atoms with van der Waals surface area (Å²) < 4.78 is 8.55. The number of anilines is 1. The second kappa shape index (κ2) is 9.17. The van der Waals surface area contributed by atoms with E-state index < -0.39 is 0 Å². The molecule has 1 aliphatic rings. The number of piperazine rings is 1. The van der Waals surface area contributed by atoms with Crippen LogP contribution in [-0.2, 0) is 6.54 Å². The lowest BCUT2D eigenvalue weighted by Crippen LogP contribution is -2.48. The summed E-state index contributed by atoms with van der Waals surface area (Å²) in [5.74, 6) is 1.55. The van der Waals surface area contributed by atoms with Crippen molar-refractivity contribution in [3.8, 4) is 0 Å². The summed E-state index contributed by atoms with van der Waals surface area (Å²) in [4.78, 5) is 9.60. The molecule has 0 saturated carbocycles. The van der Waals surface area contributed by atoms with Gasteiger partial charge in [0, 0.05) is 31.2 Å². The molecule has 0 unspecified atom stereocenters. The zero-order valence-corrected chi connectivity index (χ0v) is 19.9. The van der Waals surface area contributed by atoms with Gasteiger partial charge in [-0.15, -0.1) is 5.10 Å². The van der Waals surface area contributed by atoms with Gasteiger partial charge in [-0.25, -0.2) is 9.67 Å². The molecule has 0 N–H and O–H groups in total. The molecule has 5 aromatic rings. The van der Waals surface area contributed by atoms with E-state index in [-0.39, 0.29) is 6.04 Å². The van der Waals surface area contributed by atoms with Gasteiger partial charge in [0.25, 0.3) is 0 Å². The Hall–Kier alpha value is -3.27. The molecule has 1 fully saturated rings. The summed E-state index contributed by atoms with van der Waals surface area (Å²) in [5.41, 5.74) is 2.05. The fraction of sp³-hybridized carbons (Fsp3) is 0.250. The van der Waals surface area contributed by atoms with Crippen molar-refractivity contribution in [3.63, 3.8) is 0 Å². The largest absolute Gasteiger partial charge is 0.467 e. The first-order valence-electron chi connectivity index (χ1n) is 11.1. The van der Waals surface area contributed by atoms with E-state index in [1.807, 2.05) is 36.4 Å². The molecule has 1 aliphatic heterocycles. The number of rotatable bonds is 6. The fourth-order valence-electron chi connectivity index (χ4n) is 4.43. The highest BCUT2D eigenvalue weighted by Crippen LogP contribution is 2.35. The van der Waals surface area contributed by atoms with Crippen molar-refractivity contribution in [2.24, 2.45) is 0 Å². The molecular weight excluding hydrogens is 470 g/mol. The number of halogens is 1. The van der Waals surface area contributed by atoms with Gasteiger partial charge in [-0.05, 0) is 46.3 Å². The number of para-hydroxylation sites is 1. The minimum absolute atomic E-state index is 0.170. The van der Waals surface area contributed by atoms with Crippen LogP contribution in [0.4, 0.5) is 5.13 Å². The maximum Gasteiger partial charge on any atom is 0.186 e. The summed E-state index contributed by atoms with van der Waals surface area (Å²) in [6.45, 7) is 3.85. The van der Waals surface area contributed by atoms with Crippen molar-refractivity contribution < 1.29 is 4.42 Å². The lowest BCUT2D eigenvalue weighted by Gasteiger charge is -2.39. The van der Waals surface area contributed by atoms with Crippen LogP contribution >= 0.6 is 22.9 Å². The Morgan fingerprint density at radius 1 is 0.971 bits per heavy atom. The summed E-state index contributed by atoms with van der Waals surface area (Å²) in [6, 6.07) is 19.8. The topological polar surface area (TPSA) is 76.1 Å². The molecule has 0 amide bonds. The van der Waals surface area contributed by atoms with Crippen LogP contribution in [0, 0.1) is 0 Å². The Morgan fingerprint density at radius 2 is 1.79 bits per heavy atom. The highest BCUT2D eigenvalue weighted by Gasteiger charge is 2.32. The van der Waals surface area contributed by atoms with E-state index in [4.69, 9.17) is 21.0 Å². The summed E-state index contributed by atoms with van der Waals surface area (Å²) in [6.07, 6.45) is 1.66. The van der Waals surface area contributed by atoms with Gasteiger partial charge in [-0.1, -0.05) is 53.3 Å². The molecule has 1 saturated heterocycles. The van der Waals surface area contributed by atoms with Gasteiger partial charge in [0.15, 0.2) is 11.0 Å². The van der Waals surface area contributed by atoms with Crippen molar-refractivity contribution in [1.82, 2.24) is 30.1 Å². The molecule has 2 aromatic carbocycles. The van der Waals surface area contributed by atoms with Gasteiger partial charge < -0.3 is 9.32 Å². The van der Waals surface area contributed by atoms with Crippen molar-refractivity contribution in [2.75, 3.05) is 31.1 Å². The van der Waals surface area contributed by atoms with Crippen LogP contribution in [-0.4, -0.2) is 56.3 Å². The van der Waals surface area contributed by atoms with Crippen molar-refractivity contribution >= 4 is 38.3 Å². The van der Waals surface area contributed by atoms with Crippen LogP contribution in [0.3, 0.4) is 0 Å². The van der Waals surface area contributed by atoms with E-state index in [0.29, 0.717) is 11.6 Å². The third kappa shape index (κ3) is 4.06. The Morgan fingerprint density at radius 3 is 2.59 bits per heavy atom. The molecule has 0 spiro atoms. The van der Waals surface area contributed by atoms with E-state index in [1.54, 1.807) is 22.3 Å². The number of fused-ring (bicyclic) bond motifs is 1. The molecule has 8 nitrogen and oxygen atoms in total. The average molecular weight is 492 g/mol. The molecule has 1 atom stereocenters. The first kappa shape index (κ1) is 21.3. The molecule has 0 aliphatic carbocycles. The number of benzene rings is 2. The molecule has 10 heteroatoms. The predicted molar refractivity (Wildman–Crippen MR) is 132 cm³/mol. The third-order valence-electron chi connectivity index (χ3n) is 6.12. The number of aromatic nitrogens is 5. The van der Waals surface area contributed by atoms with Crippen molar-refractivity contribution in [2.45, 2.75) is 12.6 Å². The van der Waals surface area contributed by atoms with Crippen molar-refractivity contribution in [1.29, 1.82) is 0 Å². The molecule has 34 heavy (non-hydrogen) atoms. The maximum atomic E-state index is 6.68. The van der Waals surface area contributed by atoms with Crippen LogP contribution in [0.2, 0.25) is 5.02 Å². The monoisotopic (exact) mass is 491 g/mol. The average Bonchev–Trinajstić information content (AvgIpc) is 3.63. The van der Waals surface area contributed by atoms with Gasteiger partial charge in [0.05, 0.1) is 22.5 Å². The van der Waals surface area contributed by atoms with Crippen LogP contribution < -0.4 is 4.90 Å². The lowest BCUT2D eigenvalue weighted by molar-refractivity contribution is 0.201. The van der Waals surface area contributed by atoms with E-state index in [9.17, 15) is 0 Å². The first-order valence-corrected chi connectivity index (χ1v) is 12.3. The number of hydrogen-bond acceptors (Lipinski definition) is 8. The smallest absolute Gasteiger partial charge is 0.186 e.